The number of amides is 1. The van der Waals surface area contributed by atoms with Gasteiger partial charge >= 0.3 is 0 Å². The molecule has 0 aliphatic carbocycles. The van der Waals surface area contributed by atoms with E-state index in [2.05, 4.69) is 43.8 Å². The van der Waals surface area contributed by atoms with E-state index in [9.17, 15) is 9.18 Å². The number of nitrogens with one attached hydrogen (secondary N) is 1. The molecule has 2 nitrogen and oxygen atoms in total. The topological polar surface area (TPSA) is 29.1 Å². The molecule has 1 amide bonds. The van der Waals surface area contributed by atoms with Gasteiger partial charge in [0.1, 0.15) is 5.82 Å². The maximum absolute atomic E-state index is 13.0. The highest BCUT2D eigenvalue weighted by Gasteiger charge is 2.12. The fourth-order valence-corrected chi connectivity index (χ4v) is 3.01. The van der Waals surface area contributed by atoms with Crippen LogP contribution in [0.25, 0.3) is 0 Å². The maximum atomic E-state index is 13.0. The maximum Gasteiger partial charge on any atom is 0.256 e. The van der Waals surface area contributed by atoms with Gasteiger partial charge in [-0.25, -0.2) is 4.39 Å². The minimum absolute atomic E-state index is 0.213. The molecule has 19 heavy (non-hydrogen) atoms. The molecule has 0 aliphatic rings. The van der Waals surface area contributed by atoms with Crippen molar-refractivity contribution in [2.75, 3.05) is 5.32 Å². The van der Waals surface area contributed by atoms with Crippen LogP contribution in [0.15, 0.2) is 40.9 Å². The second kappa shape index (κ2) is 6.49. The third-order valence-electron chi connectivity index (χ3n) is 2.35. The van der Waals surface area contributed by atoms with Crippen LogP contribution in [0.3, 0.4) is 0 Å². The molecule has 0 radical (unpaired) electrons. The first-order valence-electron chi connectivity index (χ1n) is 5.19. The summed E-state index contributed by atoms with van der Waals surface area (Å²) < 4.78 is 15.4. The summed E-state index contributed by atoms with van der Waals surface area (Å²) in [7, 11) is 0. The van der Waals surface area contributed by atoms with Gasteiger partial charge in [0.15, 0.2) is 0 Å². The van der Waals surface area contributed by atoms with Crippen molar-refractivity contribution < 1.29 is 9.18 Å². The van der Waals surface area contributed by atoms with Crippen molar-refractivity contribution in [3.8, 4) is 0 Å². The molecule has 0 bridgehead atoms. The lowest BCUT2D eigenvalue weighted by molar-refractivity contribution is 0.102. The summed E-state index contributed by atoms with van der Waals surface area (Å²) in [4.78, 5) is 12.2. The van der Waals surface area contributed by atoms with Gasteiger partial charge in [-0.15, -0.1) is 0 Å². The lowest BCUT2D eigenvalue weighted by Gasteiger charge is -2.09. The van der Waals surface area contributed by atoms with Gasteiger partial charge in [0, 0.05) is 11.6 Å². The summed E-state index contributed by atoms with van der Waals surface area (Å²) in [6, 6.07) is 9.74. The number of hydrogen-bond donors (Lipinski definition) is 1. The van der Waals surface area contributed by atoms with Crippen molar-refractivity contribution in [1.82, 2.24) is 0 Å². The van der Waals surface area contributed by atoms with Gasteiger partial charge in [-0.05, 0) is 81.6 Å². The van der Waals surface area contributed by atoms with Gasteiger partial charge in [-0.2, -0.15) is 0 Å². The Morgan fingerprint density at radius 3 is 2.53 bits per heavy atom. The van der Waals surface area contributed by atoms with Crippen molar-refractivity contribution in [3.05, 3.63) is 59.4 Å². The summed E-state index contributed by atoms with van der Waals surface area (Å²) in [5, 5.41) is 2.78. The van der Waals surface area contributed by atoms with Crippen LogP contribution >= 0.6 is 61.1 Å². The first kappa shape index (κ1) is 15.2. The number of carbonyl (C=O) groups is 1. The van der Waals surface area contributed by atoms with Gasteiger partial charge in [0.25, 0.3) is 5.91 Å². The van der Waals surface area contributed by atoms with Gasteiger partial charge < -0.3 is 5.32 Å². The number of hydrogen-bond acceptors (Lipinski definition) is 1. The van der Waals surface area contributed by atoms with E-state index in [-0.39, 0.29) is 11.7 Å². The average Bonchev–Trinajstić information content (AvgIpc) is 2.35. The summed E-state index contributed by atoms with van der Waals surface area (Å²) in [5.41, 5.74) is 1.18. The summed E-state index contributed by atoms with van der Waals surface area (Å²) in [6.45, 7) is 0. The highest BCUT2D eigenvalue weighted by molar-refractivity contribution is 14.1. The molecule has 2 aromatic rings. The van der Waals surface area contributed by atoms with E-state index in [1.54, 1.807) is 12.1 Å². The third-order valence-corrected chi connectivity index (χ3v) is 4.68. The summed E-state index contributed by atoms with van der Waals surface area (Å²) >= 11 is 7.43. The number of benzene rings is 2. The summed E-state index contributed by atoms with van der Waals surface area (Å²) in [5.74, 6) is -0.533. The largest absolute Gasteiger partial charge is 0.321 e. The molecule has 0 fully saturated rings. The monoisotopic (exact) mass is 545 g/mol. The van der Waals surface area contributed by atoms with Crippen LogP contribution in [0.2, 0.25) is 0 Å². The lowest BCUT2D eigenvalue weighted by atomic mass is 10.2. The Labute approximate surface area is 145 Å². The Kier molecular flexibility index (Phi) is 5.18. The third kappa shape index (κ3) is 3.88. The zero-order valence-corrected chi connectivity index (χ0v) is 15.3. The van der Waals surface area contributed by atoms with Crippen molar-refractivity contribution >= 4 is 72.7 Å². The van der Waals surface area contributed by atoms with E-state index in [0.717, 1.165) is 8.04 Å². The van der Waals surface area contributed by atoms with Gasteiger partial charge in [0.2, 0.25) is 0 Å². The van der Waals surface area contributed by atoms with Crippen LogP contribution in [0, 0.1) is 13.0 Å². The molecule has 0 saturated heterocycles. The van der Waals surface area contributed by atoms with E-state index in [4.69, 9.17) is 0 Å². The van der Waals surface area contributed by atoms with Crippen LogP contribution < -0.4 is 5.32 Å². The number of anilines is 1. The lowest BCUT2D eigenvalue weighted by Crippen LogP contribution is -2.14. The molecule has 0 unspecified atom stereocenters. The SMILES string of the molecule is O=C(Nc1ccc(F)cc1I)c1cc(Br)ccc1I. The second-order valence-corrected chi connectivity index (χ2v) is 6.94. The molecular formula is C13H7BrFI2NO. The zero-order chi connectivity index (χ0) is 14.0. The Morgan fingerprint density at radius 2 is 1.84 bits per heavy atom. The molecular weight excluding hydrogens is 539 g/mol. The van der Waals surface area contributed by atoms with Crippen LogP contribution in [0.5, 0.6) is 0 Å². The molecule has 0 aliphatic heterocycles. The van der Waals surface area contributed by atoms with Gasteiger partial charge in [-0.3, -0.25) is 4.79 Å². The van der Waals surface area contributed by atoms with E-state index >= 15 is 0 Å². The van der Waals surface area contributed by atoms with Crippen LogP contribution in [0.4, 0.5) is 10.1 Å². The first-order chi connectivity index (χ1) is 8.97. The Morgan fingerprint density at radius 1 is 1.11 bits per heavy atom. The quantitative estimate of drug-likeness (QED) is 0.526. The predicted octanol–water partition coefficient (Wildman–Crippen LogP) is 5.05. The molecule has 0 aromatic heterocycles. The fourth-order valence-electron chi connectivity index (χ4n) is 1.45. The molecule has 1 N–H and O–H groups in total. The van der Waals surface area contributed by atoms with Crippen molar-refractivity contribution in [1.29, 1.82) is 0 Å². The second-order valence-electron chi connectivity index (χ2n) is 3.70. The van der Waals surface area contributed by atoms with Crippen LogP contribution in [-0.2, 0) is 0 Å². The van der Waals surface area contributed by atoms with Crippen LogP contribution in [-0.4, -0.2) is 5.91 Å². The van der Waals surface area contributed by atoms with Crippen molar-refractivity contribution in [3.63, 3.8) is 0 Å². The number of rotatable bonds is 2. The minimum Gasteiger partial charge on any atom is -0.321 e. The van der Waals surface area contributed by atoms with Crippen molar-refractivity contribution in [2.45, 2.75) is 0 Å². The first-order valence-corrected chi connectivity index (χ1v) is 8.14. The minimum atomic E-state index is -0.320. The molecule has 2 rings (SSSR count). The molecule has 0 saturated carbocycles. The van der Waals surface area contributed by atoms with Crippen molar-refractivity contribution in [2.24, 2.45) is 0 Å². The standard InChI is InChI=1S/C13H7BrFI2NO/c14-7-1-3-10(16)9(5-7)13(19)18-12-4-2-8(15)6-11(12)17/h1-6H,(H,18,19). The van der Waals surface area contributed by atoms with E-state index < -0.39 is 0 Å². The fraction of sp³-hybridized carbons (Fsp3) is 0. The molecule has 6 heteroatoms. The molecule has 0 heterocycles. The highest BCUT2D eigenvalue weighted by atomic mass is 127. The normalized spacial score (nSPS) is 10.3. The molecule has 0 atom stereocenters. The average molecular weight is 546 g/mol. The zero-order valence-electron chi connectivity index (χ0n) is 9.38. The molecule has 98 valence electrons. The molecule has 2 aromatic carbocycles. The van der Waals surface area contributed by atoms with E-state index in [0.29, 0.717) is 14.8 Å². The van der Waals surface area contributed by atoms with E-state index in [1.807, 2.05) is 34.7 Å². The molecule has 0 spiro atoms. The smallest absolute Gasteiger partial charge is 0.256 e. The Bertz CT molecular complexity index is 649. The number of halogens is 4. The summed E-state index contributed by atoms with van der Waals surface area (Å²) in [6.07, 6.45) is 0. The highest BCUT2D eigenvalue weighted by Crippen LogP contribution is 2.22. The van der Waals surface area contributed by atoms with Gasteiger partial charge in [0.05, 0.1) is 11.3 Å². The van der Waals surface area contributed by atoms with Crippen LogP contribution in [0.1, 0.15) is 10.4 Å². The Hall–Kier alpha value is -0.220. The Balaban J connectivity index is 2.28. The van der Waals surface area contributed by atoms with E-state index in [1.165, 1.54) is 12.1 Å². The number of carbonyl (C=O) groups excluding carboxylic acids is 1. The predicted molar refractivity (Wildman–Crippen MR) is 93.9 cm³/mol. The van der Waals surface area contributed by atoms with Gasteiger partial charge in [-0.1, -0.05) is 15.9 Å².